The normalized spacial score (nSPS) is 11.0. The average Bonchev–Trinajstić information content (AvgIpc) is 2.56. The van der Waals surface area contributed by atoms with Crippen molar-refractivity contribution in [2.45, 2.75) is 4.90 Å². The fourth-order valence-electron chi connectivity index (χ4n) is 2.01. The molecule has 1 amide bonds. The summed E-state index contributed by atoms with van der Waals surface area (Å²) >= 11 is 1.47. The van der Waals surface area contributed by atoms with E-state index < -0.39 is 5.63 Å². The number of amides is 1. The standard InChI is InChI=1S/C18H13NO3S/c20-17(10-11-23-15-4-2-1-3-5-15)19-14-7-8-16-13(12-14)6-9-18(21)22-16/h1-12H,(H,19,20). The maximum atomic E-state index is 11.9. The van der Waals surface area contributed by atoms with Crippen LogP contribution in [0.4, 0.5) is 5.69 Å². The highest BCUT2D eigenvalue weighted by Gasteiger charge is 2.01. The van der Waals surface area contributed by atoms with Crippen molar-refractivity contribution in [2.24, 2.45) is 0 Å². The molecule has 3 aromatic rings. The van der Waals surface area contributed by atoms with Crippen LogP contribution in [0.5, 0.6) is 0 Å². The number of fused-ring (bicyclic) bond motifs is 1. The van der Waals surface area contributed by atoms with Crippen LogP contribution in [0.1, 0.15) is 0 Å². The van der Waals surface area contributed by atoms with Crippen LogP contribution in [0.2, 0.25) is 0 Å². The molecule has 0 unspecified atom stereocenters. The Morgan fingerprint density at radius 3 is 2.70 bits per heavy atom. The minimum absolute atomic E-state index is 0.217. The minimum atomic E-state index is -0.393. The van der Waals surface area contributed by atoms with Crippen LogP contribution in [0, 0.1) is 0 Å². The lowest BCUT2D eigenvalue weighted by Crippen LogP contribution is -2.07. The maximum Gasteiger partial charge on any atom is 0.336 e. The van der Waals surface area contributed by atoms with E-state index in [1.807, 2.05) is 30.3 Å². The van der Waals surface area contributed by atoms with Crippen molar-refractivity contribution in [1.82, 2.24) is 0 Å². The Bertz CT molecular complexity index is 916. The average molecular weight is 323 g/mol. The molecule has 5 heteroatoms. The highest BCUT2D eigenvalue weighted by Crippen LogP contribution is 2.19. The van der Waals surface area contributed by atoms with Crippen LogP contribution < -0.4 is 10.9 Å². The van der Waals surface area contributed by atoms with Gasteiger partial charge in [0.15, 0.2) is 0 Å². The Hall–Kier alpha value is -2.79. The third-order valence-electron chi connectivity index (χ3n) is 3.05. The number of carbonyl (C=O) groups excluding carboxylic acids is 1. The Labute approximate surface area is 136 Å². The van der Waals surface area contributed by atoms with Crippen LogP contribution >= 0.6 is 11.8 Å². The summed E-state index contributed by atoms with van der Waals surface area (Å²) in [6.07, 6.45) is 1.48. The van der Waals surface area contributed by atoms with Gasteiger partial charge in [-0.15, -0.1) is 0 Å². The van der Waals surface area contributed by atoms with Gasteiger partial charge < -0.3 is 9.73 Å². The Morgan fingerprint density at radius 1 is 1.04 bits per heavy atom. The molecule has 1 N–H and O–H groups in total. The molecular weight excluding hydrogens is 310 g/mol. The zero-order valence-corrected chi connectivity index (χ0v) is 12.9. The fraction of sp³-hybridized carbons (Fsp3) is 0. The van der Waals surface area contributed by atoms with Gasteiger partial charge in [0.1, 0.15) is 5.58 Å². The number of carbonyl (C=O) groups is 1. The first-order chi connectivity index (χ1) is 11.2. The van der Waals surface area contributed by atoms with Crippen molar-refractivity contribution in [3.63, 3.8) is 0 Å². The molecule has 2 aromatic carbocycles. The van der Waals surface area contributed by atoms with Crippen LogP contribution in [-0.4, -0.2) is 5.91 Å². The van der Waals surface area contributed by atoms with Gasteiger partial charge in [-0.25, -0.2) is 4.79 Å². The fourth-order valence-corrected chi connectivity index (χ4v) is 2.67. The van der Waals surface area contributed by atoms with Gasteiger partial charge in [-0.1, -0.05) is 30.0 Å². The van der Waals surface area contributed by atoms with Crippen LogP contribution in [-0.2, 0) is 4.79 Å². The number of rotatable bonds is 4. The number of anilines is 1. The third kappa shape index (κ3) is 4.11. The molecule has 4 nitrogen and oxygen atoms in total. The summed E-state index contributed by atoms with van der Waals surface area (Å²) < 4.78 is 5.05. The first kappa shape index (κ1) is 15.1. The van der Waals surface area contributed by atoms with Crippen LogP contribution in [0.3, 0.4) is 0 Å². The number of nitrogens with one attached hydrogen (secondary N) is 1. The van der Waals surface area contributed by atoms with Crippen LogP contribution in [0.25, 0.3) is 11.0 Å². The molecular formula is C18H13NO3S. The Kier molecular flexibility index (Phi) is 4.59. The zero-order chi connectivity index (χ0) is 16.1. The molecule has 0 radical (unpaired) electrons. The van der Waals surface area contributed by atoms with E-state index in [0.717, 1.165) is 10.3 Å². The summed E-state index contributed by atoms with van der Waals surface area (Å²) in [6.45, 7) is 0. The van der Waals surface area contributed by atoms with E-state index >= 15 is 0 Å². The first-order valence-corrected chi connectivity index (χ1v) is 7.82. The number of benzene rings is 2. The van der Waals surface area contributed by atoms with E-state index in [1.165, 1.54) is 23.9 Å². The number of thioether (sulfide) groups is 1. The van der Waals surface area contributed by atoms with E-state index in [0.29, 0.717) is 11.3 Å². The third-order valence-corrected chi connectivity index (χ3v) is 3.87. The lowest BCUT2D eigenvalue weighted by Gasteiger charge is -2.03. The molecule has 0 saturated carbocycles. The molecule has 0 saturated heterocycles. The van der Waals surface area contributed by atoms with E-state index in [2.05, 4.69) is 5.32 Å². The second-order valence-corrected chi connectivity index (χ2v) is 5.71. The summed E-state index contributed by atoms with van der Waals surface area (Å²) in [5, 5.41) is 5.27. The zero-order valence-electron chi connectivity index (χ0n) is 12.1. The van der Waals surface area contributed by atoms with Crippen molar-refractivity contribution in [1.29, 1.82) is 0 Å². The van der Waals surface area contributed by atoms with Gasteiger partial charge in [-0.05, 0) is 41.8 Å². The predicted molar refractivity (Wildman–Crippen MR) is 92.6 cm³/mol. The van der Waals surface area contributed by atoms with Crippen LogP contribution in [0.15, 0.2) is 86.3 Å². The van der Waals surface area contributed by atoms with Gasteiger partial charge in [0.2, 0.25) is 5.91 Å². The Balaban J connectivity index is 1.65. The van der Waals surface area contributed by atoms with Crippen molar-refractivity contribution < 1.29 is 9.21 Å². The molecule has 23 heavy (non-hydrogen) atoms. The van der Waals surface area contributed by atoms with Crippen molar-refractivity contribution in [2.75, 3.05) is 5.32 Å². The summed E-state index contributed by atoms with van der Waals surface area (Å²) in [7, 11) is 0. The highest BCUT2D eigenvalue weighted by atomic mass is 32.2. The Morgan fingerprint density at radius 2 is 1.87 bits per heavy atom. The lowest BCUT2D eigenvalue weighted by molar-refractivity contribution is -0.111. The second-order valence-electron chi connectivity index (χ2n) is 4.73. The van der Waals surface area contributed by atoms with Crippen molar-refractivity contribution in [3.8, 4) is 0 Å². The van der Waals surface area contributed by atoms with E-state index in [1.54, 1.807) is 29.7 Å². The van der Waals surface area contributed by atoms with Gasteiger partial charge in [0.25, 0.3) is 0 Å². The van der Waals surface area contributed by atoms with E-state index in [4.69, 9.17) is 4.42 Å². The molecule has 0 aliphatic heterocycles. The minimum Gasteiger partial charge on any atom is -0.423 e. The van der Waals surface area contributed by atoms with Gasteiger partial charge >= 0.3 is 5.63 Å². The molecule has 0 spiro atoms. The second kappa shape index (κ2) is 6.98. The summed E-state index contributed by atoms with van der Waals surface area (Å²) in [5.74, 6) is -0.217. The molecule has 114 valence electrons. The molecule has 0 atom stereocenters. The first-order valence-electron chi connectivity index (χ1n) is 6.94. The lowest BCUT2D eigenvalue weighted by atomic mass is 10.2. The SMILES string of the molecule is O=C(C=CSc1ccccc1)Nc1ccc2oc(=O)ccc2c1. The monoisotopic (exact) mass is 323 g/mol. The van der Waals surface area contributed by atoms with E-state index in [9.17, 15) is 9.59 Å². The largest absolute Gasteiger partial charge is 0.423 e. The molecule has 1 aromatic heterocycles. The van der Waals surface area contributed by atoms with Gasteiger partial charge in [-0.3, -0.25) is 4.79 Å². The molecule has 0 bridgehead atoms. The smallest absolute Gasteiger partial charge is 0.336 e. The van der Waals surface area contributed by atoms with Gasteiger partial charge in [0.05, 0.1) is 0 Å². The van der Waals surface area contributed by atoms with Crippen molar-refractivity contribution >= 4 is 34.3 Å². The summed E-state index contributed by atoms with van der Waals surface area (Å²) in [4.78, 5) is 24.1. The topological polar surface area (TPSA) is 59.3 Å². The predicted octanol–water partition coefficient (Wildman–Crippen LogP) is 4.04. The molecule has 1 heterocycles. The quantitative estimate of drug-likeness (QED) is 0.447. The van der Waals surface area contributed by atoms with E-state index in [-0.39, 0.29) is 5.91 Å². The highest BCUT2D eigenvalue weighted by molar-refractivity contribution is 8.02. The molecule has 0 aliphatic rings. The summed E-state index contributed by atoms with van der Waals surface area (Å²) in [5.41, 5.74) is 0.742. The van der Waals surface area contributed by atoms with Gasteiger partial charge in [0, 0.05) is 28.1 Å². The number of hydrogen-bond donors (Lipinski definition) is 1. The molecule has 3 rings (SSSR count). The van der Waals surface area contributed by atoms with Crippen molar-refractivity contribution in [3.05, 3.63) is 82.6 Å². The molecule has 0 fully saturated rings. The number of hydrogen-bond acceptors (Lipinski definition) is 4. The van der Waals surface area contributed by atoms with Gasteiger partial charge in [-0.2, -0.15) is 0 Å². The summed E-state index contributed by atoms with van der Waals surface area (Å²) in [6, 6.07) is 17.9. The maximum absolute atomic E-state index is 11.9. The molecule has 0 aliphatic carbocycles.